The number of unbranched alkanes of at least 4 members (excludes halogenated alkanes) is 12. The fraction of sp³-hybridized carbons (Fsp3) is 0.621. The summed E-state index contributed by atoms with van der Waals surface area (Å²) in [6.45, 7) is 5.36. The van der Waals surface area contributed by atoms with Gasteiger partial charge in [0.25, 0.3) is 0 Å². The van der Waals surface area contributed by atoms with Crippen LogP contribution in [0.25, 0.3) is 11.3 Å². The molecule has 0 amide bonds. The number of aryl methyl sites for hydroxylation is 1. The third kappa shape index (κ3) is 11.4. The van der Waals surface area contributed by atoms with Crippen molar-refractivity contribution in [2.75, 3.05) is 6.61 Å². The molecule has 0 bridgehead atoms. The monoisotopic (exact) mass is 423 g/mol. The van der Waals surface area contributed by atoms with Crippen molar-refractivity contribution in [2.45, 2.75) is 110 Å². The number of ether oxygens (including phenoxy) is 1. The molecule has 1 aromatic carbocycles. The standard InChI is InChI=1S/C29H45NO/c1-3-5-7-9-11-12-14-16-24-31-28-21-19-27(20-22-28)29-23-18-26(25-30-29)17-15-13-10-8-6-4-2/h18-23,25H,3-17,24H2,1-2H3. The molecule has 0 saturated carbocycles. The third-order valence-corrected chi connectivity index (χ3v) is 6.06. The van der Waals surface area contributed by atoms with Crippen LogP contribution in [0, 0.1) is 0 Å². The maximum atomic E-state index is 5.92. The number of pyridine rings is 1. The van der Waals surface area contributed by atoms with Crippen LogP contribution in [0.15, 0.2) is 42.6 Å². The fourth-order valence-electron chi connectivity index (χ4n) is 4.00. The van der Waals surface area contributed by atoms with Gasteiger partial charge >= 0.3 is 0 Å². The summed E-state index contributed by atoms with van der Waals surface area (Å²) >= 11 is 0. The second-order valence-electron chi connectivity index (χ2n) is 8.92. The highest BCUT2D eigenvalue weighted by atomic mass is 16.5. The van der Waals surface area contributed by atoms with Gasteiger partial charge in [-0.2, -0.15) is 0 Å². The van der Waals surface area contributed by atoms with Crippen molar-refractivity contribution in [3.63, 3.8) is 0 Å². The van der Waals surface area contributed by atoms with Crippen LogP contribution in [-0.4, -0.2) is 11.6 Å². The lowest BCUT2D eigenvalue weighted by Gasteiger charge is -2.08. The molecule has 172 valence electrons. The van der Waals surface area contributed by atoms with E-state index in [0.29, 0.717) is 0 Å². The molecule has 0 aliphatic carbocycles. The van der Waals surface area contributed by atoms with E-state index in [1.54, 1.807) is 0 Å². The second-order valence-corrected chi connectivity index (χ2v) is 8.92. The van der Waals surface area contributed by atoms with Gasteiger partial charge in [0.2, 0.25) is 0 Å². The van der Waals surface area contributed by atoms with Crippen LogP contribution in [-0.2, 0) is 6.42 Å². The Labute approximate surface area is 191 Å². The van der Waals surface area contributed by atoms with Gasteiger partial charge in [0.15, 0.2) is 0 Å². The van der Waals surface area contributed by atoms with E-state index in [9.17, 15) is 0 Å². The molecule has 0 spiro atoms. The quantitative estimate of drug-likeness (QED) is 0.223. The van der Waals surface area contributed by atoms with Gasteiger partial charge in [-0.3, -0.25) is 4.98 Å². The number of nitrogens with zero attached hydrogens (tertiary/aromatic N) is 1. The summed E-state index contributed by atoms with van der Waals surface area (Å²) in [6.07, 6.45) is 21.9. The first kappa shape index (κ1) is 25.4. The maximum Gasteiger partial charge on any atom is 0.119 e. The lowest BCUT2D eigenvalue weighted by atomic mass is 10.1. The van der Waals surface area contributed by atoms with E-state index in [0.717, 1.165) is 36.5 Å². The molecule has 2 rings (SSSR count). The zero-order valence-corrected chi connectivity index (χ0v) is 20.2. The van der Waals surface area contributed by atoms with Gasteiger partial charge in [0, 0.05) is 11.8 Å². The fourth-order valence-corrected chi connectivity index (χ4v) is 4.00. The normalized spacial score (nSPS) is 11.0. The largest absolute Gasteiger partial charge is 0.494 e. The molecular formula is C29H45NO. The lowest BCUT2D eigenvalue weighted by molar-refractivity contribution is 0.304. The summed E-state index contributed by atoms with van der Waals surface area (Å²) in [5.74, 6) is 0.964. The molecule has 0 aliphatic rings. The van der Waals surface area contributed by atoms with Crippen molar-refractivity contribution >= 4 is 0 Å². The molecule has 0 saturated heterocycles. The lowest BCUT2D eigenvalue weighted by Crippen LogP contribution is -1.97. The van der Waals surface area contributed by atoms with E-state index in [2.05, 4.69) is 55.2 Å². The Morgan fingerprint density at radius 1 is 0.613 bits per heavy atom. The molecule has 0 N–H and O–H groups in total. The first-order chi connectivity index (χ1) is 15.3. The Bertz CT molecular complexity index is 662. The molecule has 0 fully saturated rings. The van der Waals surface area contributed by atoms with Crippen LogP contribution in [0.5, 0.6) is 5.75 Å². The zero-order chi connectivity index (χ0) is 22.0. The Kier molecular flexibility index (Phi) is 13.8. The molecule has 0 aliphatic heterocycles. The molecule has 2 heteroatoms. The smallest absolute Gasteiger partial charge is 0.119 e. The third-order valence-electron chi connectivity index (χ3n) is 6.06. The molecule has 0 unspecified atom stereocenters. The topological polar surface area (TPSA) is 22.1 Å². The van der Waals surface area contributed by atoms with Gasteiger partial charge in [-0.25, -0.2) is 0 Å². The average Bonchev–Trinajstić information content (AvgIpc) is 2.81. The van der Waals surface area contributed by atoms with Crippen LogP contribution in [0.4, 0.5) is 0 Å². The predicted molar refractivity (Wildman–Crippen MR) is 135 cm³/mol. The van der Waals surface area contributed by atoms with Crippen LogP contribution < -0.4 is 4.74 Å². The summed E-state index contributed by atoms with van der Waals surface area (Å²) in [6, 6.07) is 12.8. The Morgan fingerprint density at radius 3 is 1.77 bits per heavy atom. The first-order valence-corrected chi connectivity index (χ1v) is 13.0. The van der Waals surface area contributed by atoms with Crippen molar-refractivity contribution < 1.29 is 4.74 Å². The van der Waals surface area contributed by atoms with Crippen molar-refractivity contribution in [1.82, 2.24) is 4.98 Å². The minimum atomic E-state index is 0.819. The van der Waals surface area contributed by atoms with E-state index >= 15 is 0 Å². The highest BCUT2D eigenvalue weighted by molar-refractivity contribution is 5.60. The summed E-state index contributed by atoms with van der Waals surface area (Å²) in [5.41, 5.74) is 3.55. The van der Waals surface area contributed by atoms with Gasteiger partial charge in [-0.05, 0) is 55.2 Å². The summed E-state index contributed by atoms with van der Waals surface area (Å²) in [4.78, 5) is 4.69. The first-order valence-electron chi connectivity index (χ1n) is 13.0. The minimum Gasteiger partial charge on any atom is -0.494 e. The summed E-state index contributed by atoms with van der Waals surface area (Å²) in [5, 5.41) is 0. The van der Waals surface area contributed by atoms with Crippen LogP contribution >= 0.6 is 0 Å². The van der Waals surface area contributed by atoms with Crippen molar-refractivity contribution in [3.05, 3.63) is 48.2 Å². The van der Waals surface area contributed by atoms with Gasteiger partial charge < -0.3 is 4.74 Å². The van der Waals surface area contributed by atoms with Crippen molar-refractivity contribution in [3.8, 4) is 17.0 Å². The molecule has 2 nitrogen and oxygen atoms in total. The minimum absolute atomic E-state index is 0.819. The predicted octanol–water partition coefficient (Wildman–Crippen LogP) is 9.17. The number of benzene rings is 1. The zero-order valence-electron chi connectivity index (χ0n) is 20.2. The Balaban J connectivity index is 1.62. The number of hydrogen-bond donors (Lipinski definition) is 0. The number of hydrogen-bond acceptors (Lipinski definition) is 2. The molecule has 31 heavy (non-hydrogen) atoms. The van der Waals surface area contributed by atoms with Crippen LogP contribution in [0.3, 0.4) is 0 Å². The van der Waals surface area contributed by atoms with Gasteiger partial charge in [0.05, 0.1) is 12.3 Å². The highest BCUT2D eigenvalue weighted by Crippen LogP contribution is 2.22. The SMILES string of the molecule is CCCCCCCCCCOc1ccc(-c2ccc(CCCCCCCC)cn2)cc1. The van der Waals surface area contributed by atoms with Crippen LogP contribution in [0.2, 0.25) is 0 Å². The Morgan fingerprint density at radius 2 is 1.19 bits per heavy atom. The molecule has 0 atom stereocenters. The second kappa shape index (κ2) is 16.8. The van der Waals surface area contributed by atoms with E-state index in [4.69, 9.17) is 4.74 Å². The van der Waals surface area contributed by atoms with E-state index in [1.165, 1.54) is 89.0 Å². The maximum absolute atomic E-state index is 5.92. The number of aromatic nitrogens is 1. The van der Waals surface area contributed by atoms with E-state index in [1.807, 2.05) is 6.20 Å². The molecule has 1 aromatic heterocycles. The van der Waals surface area contributed by atoms with Gasteiger partial charge in [0.1, 0.15) is 5.75 Å². The van der Waals surface area contributed by atoms with E-state index in [-0.39, 0.29) is 0 Å². The number of rotatable bonds is 18. The highest BCUT2D eigenvalue weighted by Gasteiger charge is 2.02. The molecule has 0 radical (unpaired) electrons. The molecule has 1 heterocycles. The molecular weight excluding hydrogens is 378 g/mol. The summed E-state index contributed by atoms with van der Waals surface area (Å²) < 4.78 is 5.92. The molecule has 2 aromatic rings. The summed E-state index contributed by atoms with van der Waals surface area (Å²) in [7, 11) is 0. The van der Waals surface area contributed by atoms with Gasteiger partial charge in [-0.15, -0.1) is 0 Å². The van der Waals surface area contributed by atoms with Gasteiger partial charge in [-0.1, -0.05) is 97.0 Å². The average molecular weight is 424 g/mol. The van der Waals surface area contributed by atoms with E-state index < -0.39 is 0 Å². The van der Waals surface area contributed by atoms with Crippen molar-refractivity contribution in [1.29, 1.82) is 0 Å². The van der Waals surface area contributed by atoms with Crippen molar-refractivity contribution in [2.24, 2.45) is 0 Å². The van der Waals surface area contributed by atoms with Crippen LogP contribution in [0.1, 0.15) is 109 Å². The Hall–Kier alpha value is -1.83.